The normalized spacial score (nSPS) is 29.3. The first-order valence-corrected chi connectivity index (χ1v) is 6.86. The van der Waals surface area contributed by atoms with E-state index in [0.717, 1.165) is 19.4 Å². The first-order valence-electron chi connectivity index (χ1n) is 6.86. The van der Waals surface area contributed by atoms with Gasteiger partial charge in [-0.25, -0.2) is 0 Å². The van der Waals surface area contributed by atoms with E-state index in [4.69, 9.17) is 4.74 Å². The highest BCUT2D eigenvalue weighted by atomic mass is 16.5. The Morgan fingerprint density at radius 3 is 2.59 bits per heavy atom. The smallest absolute Gasteiger partial charge is 0.0553 e. The fraction of sp³-hybridized carbons (Fsp3) is 0.625. The molecule has 1 aromatic carbocycles. The van der Waals surface area contributed by atoms with Crippen LogP contribution in [0, 0.1) is 0 Å². The average molecular weight is 232 g/mol. The van der Waals surface area contributed by atoms with Gasteiger partial charge in [0.05, 0.1) is 12.7 Å². The maximum atomic E-state index is 5.90. The Hall–Kier alpha value is -0.820. The first kappa shape index (κ1) is 12.6. The molecular formula is C16H24O. The molecule has 2 rings (SSSR count). The van der Waals surface area contributed by atoms with Gasteiger partial charge >= 0.3 is 0 Å². The molecule has 1 aliphatic heterocycles. The maximum Gasteiger partial charge on any atom is 0.0553 e. The number of benzene rings is 1. The molecule has 3 unspecified atom stereocenters. The summed E-state index contributed by atoms with van der Waals surface area (Å²) in [5.41, 5.74) is 4.48. The van der Waals surface area contributed by atoms with Crippen LogP contribution in [-0.4, -0.2) is 12.7 Å². The van der Waals surface area contributed by atoms with Crippen LogP contribution in [0.4, 0.5) is 0 Å². The average Bonchev–Trinajstić information content (AvgIpc) is 2.34. The Balaban J connectivity index is 2.40. The lowest BCUT2D eigenvalue weighted by atomic mass is 9.84. The molecule has 0 aromatic heterocycles. The highest BCUT2D eigenvalue weighted by molar-refractivity contribution is 5.37. The standard InChI is InChI=1S/C16H24O/c1-5-14-6-7-15-11(2)8-13(4)17-10-12(3)16(15)9-14/h6-7,9,11-13H,5,8,10H2,1-4H3. The fourth-order valence-corrected chi connectivity index (χ4v) is 2.81. The summed E-state index contributed by atoms with van der Waals surface area (Å²) in [6, 6.07) is 7.01. The summed E-state index contributed by atoms with van der Waals surface area (Å²) < 4.78 is 5.90. The number of ether oxygens (including phenoxy) is 1. The van der Waals surface area contributed by atoms with Crippen molar-refractivity contribution in [2.75, 3.05) is 6.61 Å². The van der Waals surface area contributed by atoms with Gasteiger partial charge in [0.1, 0.15) is 0 Å². The molecule has 0 fully saturated rings. The van der Waals surface area contributed by atoms with Crippen molar-refractivity contribution in [2.45, 2.75) is 58.5 Å². The van der Waals surface area contributed by atoms with Crippen molar-refractivity contribution in [1.82, 2.24) is 0 Å². The van der Waals surface area contributed by atoms with Crippen LogP contribution in [-0.2, 0) is 11.2 Å². The largest absolute Gasteiger partial charge is 0.378 e. The van der Waals surface area contributed by atoms with Crippen LogP contribution in [0.3, 0.4) is 0 Å². The van der Waals surface area contributed by atoms with Gasteiger partial charge in [-0.3, -0.25) is 0 Å². The monoisotopic (exact) mass is 232 g/mol. The second-order valence-electron chi connectivity index (χ2n) is 5.50. The van der Waals surface area contributed by atoms with Crippen LogP contribution in [0.5, 0.6) is 0 Å². The van der Waals surface area contributed by atoms with Crippen LogP contribution in [0.1, 0.15) is 62.6 Å². The van der Waals surface area contributed by atoms with Gasteiger partial charge in [0.15, 0.2) is 0 Å². The summed E-state index contributed by atoms with van der Waals surface area (Å²) >= 11 is 0. The SMILES string of the molecule is CCc1ccc2c(c1)C(C)COC(C)CC2C. The quantitative estimate of drug-likeness (QED) is 0.703. The van der Waals surface area contributed by atoms with E-state index in [0.29, 0.717) is 17.9 Å². The predicted octanol–water partition coefficient (Wildman–Crippen LogP) is 4.26. The van der Waals surface area contributed by atoms with Crippen LogP contribution in [0.25, 0.3) is 0 Å². The van der Waals surface area contributed by atoms with Crippen molar-refractivity contribution in [3.8, 4) is 0 Å². The van der Waals surface area contributed by atoms with Crippen LogP contribution in [0.15, 0.2) is 18.2 Å². The molecule has 94 valence electrons. The lowest BCUT2D eigenvalue weighted by molar-refractivity contribution is 0.0446. The Morgan fingerprint density at radius 2 is 1.88 bits per heavy atom. The molecule has 0 saturated carbocycles. The molecule has 1 aliphatic rings. The molecule has 1 nitrogen and oxygen atoms in total. The van der Waals surface area contributed by atoms with Crippen molar-refractivity contribution in [2.24, 2.45) is 0 Å². The minimum Gasteiger partial charge on any atom is -0.378 e. The van der Waals surface area contributed by atoms with Gasteiger partial charge < -0.3 is 4.74 Å². The maximum absolute atomic E-state index is 5.90. The zero-order valence-electron chi connectivity index (χ0n) is 11.5. The molecule has 0 saturated heterocycles. The molecule has 17 heavy (non-hydrogen) atoms. The molecular weight excluding hydrogens is 208 g/mol. The molecule has 0 radical (unpaired) electrons. The van der Waals surface area contributed by atoms with E-state index < -0.39 is 0 Å². The van der Waals surface area contributed by atoms with Gasteiger partial charge in [-0.05, 0) is 42.4 Å². The van der Waals surface area contributed by atoms with E-state index in [9.17, 15) is 0 Å². The van der Waals surface area contributed by atoms with Crippen molar-refractivity contribution in [3.63, 3.8) is 0 Å². The van der Waals surface area contributed by atoms with Crippen LogP contribution < -0.4 is 0 Å². The summed E-state index contributed by atoms with van der Waals surface area (Å²) in [7, 11) is 0. The van der Waals surface area contributed by atoms with Crippen molar-refractivity contribution >= 4 is 0 Å². The molecule has 0 amide bonds. The summed E-state index contributed by atoms with van der Waals surface area (Å²) in [5, 5.41) is 0. The molecule has 0 bridgehead atoms. The summed E-state index contributed by atoms with van der Waals surface area (Å²) in [6.45, 7) is 9.87. The number of hydrogen-bond acceptors (Lipinski definition) is 1. The Morgan fingerprint density at radius 1 is 1.12 bits per heavy atom. The molecule has 1 heteroatoms. The lowest BCUT2D eigenvalue weighted by Gasteiger charge is -2.28. The molecule has 0 aliphatic carbocycles. The van der Waals surface area contributed by atoms with Crippen molar-refractivity contribution < 1.29 is 4.74 Å². The van der Waals surface area contributed by atoms with E-state index in [-0.39, 0.29) is 0 Å². The third-order valence-electron chi connectivity index (χ3n) is 3.94. The van der Waals surface area contributed by atoms with Gasteiger partial charge in [-0.15, -0.1) is 0 Å². The van der Waals surface area contributed by atoms with E-state index >= 15 is 0 Å². The zero-order chi connectivity index (χ0) is 12.4. The lowest BCUT2D eigenvalue weighted by Crippen LogP contribution is -2.20. The highest BCUT2D eigenvalue weighted by Crippen LogP contribution is 2.33. The number of rotatable bonds is 1. The number of fused-ring (bicyclic) bond motifs is 1. The van der Waals surface area contributed by atoms with Crippen molar-refractivity contribution in [1.29, 1.82) is 0 Å². The van der Waals surface area contributed by atoms with E-state index in [2.05, 4.69) is 45.9 Å². The summed E-state index contributed by atoms with van der Waals surface area (Å²) in [5.74, 6) is 1.12. The van der Waals surface area contributed by atoms with Crippen LogP contribution >= 0.6 is 0 Å². The van der Waals surface area contributed by atoms with Gasteiger partial charge in [0.25, 0.3) is 0 Å². The van der Waals surface area contributed by atoms with E-state index in [1.165, 1.54) is 16.7 Å². The Labute approximate surface area is 105 Å². The summed E-state index contributed by atoms with van der Waals surface area (Å²) in [6.07, 6.45) is 2.63. The van der Waals surface area contributed by atoms with Crippen LogP contribution in [0.2, 0.25) is 0 Å². The van der Waals surface area contributed by atoms with E-state index in [1.807, 2.05) is 0 Å². The first-order chi connectivity index (χ1) is 8.11. The molecule has 1 aromatic rings. The minimum atomic E-state index is 0.381. The topological polar surface area (TPSA) is 9.23 Å². The second-order valence-corrected chi connectivity index (χ2v) is 5.50. The number of hydrogen-bond donors (Lipinski definition) is 0. The van der Waals surface area contributed by atoms with Gasteiger partial charge in [0.2, 0.25) is 0 Å². The highest BCUT2D eigenvalue weighted by Gasteiger charge is 2.21. The van der Waals surface area contributed by atoms with Gasteiger partial charge in [0, 0.05) is 5.92 Å². The van der Waals surface area contributed by atoms with Gasteiger partial charge in [-0.1, -0.05) is 39.0 Å². The second kappa shape index (κ2) is 5.22. The fourth-order valence-electron chi connectivity index (χ4n) is 2.81. The Kier molecular flexibility index (Phi) is 3.88. The molecule has 0 spiro atoms. The third-order valence-corrected chi connectivity index (χ3v) is 3.94. The number of aryl methyl sites for hydroxylation is 1. The molecule has 3 atom stereocenters. The zero-order valence-corrected chi connectivity index (χ0v) is 11.5. The van der Waals surface area contributed by atoms with Gasteiger partial charge in [-0.2, -0.15) is 0 Å². The third kappa shape index (κ3) is 2.71. The summed E-state index contributed by atoms with van der Waals surface area (Å²) in [4.78, 5) is 0. The van der Waals surface area contributed by atoms with Crippen molar-refractivity contribution in [3.05, 3.63) is 34.9 Å². The predicted molar refractivity (Wildman–Crippen MR) is 72.7 cm³/mol. The minimum absolute atomic E-state index is 0.381. The van der Waals surface area contributed by atoms with E-state index in [1.54, 1.807) is 0 Å². The Bertz CT molecular complexity index is 383. The molecule has 0 N–H and O–H groups in total. The molecule has 1 heterocycles.